The molecule has 4 rings (SSSR count). The van der Waals surface area contributed by atoms with Crippen LogP contribution in [0, 0.1) is 5.92 Å². The van der Waals surface area contributed by atoms with E-state index in [2.05, 4.69) is 20.3 Å². The first-order valence-electron chi connectivity index (χ1n) is 7.97. The Bertz CT molecular complexity index is 800. The molecule has 9 nitrogen and oxygen atoms in total. The van der Waals surface area contributed by atoms with Gasteiger partial charge in [-0.3, -0.25) is 10.1 Å². The summed E-state index contributed by atoms with van der Waals surface area (Å²) in [5, 5.41) is 3.64. The number of carbonyl (C=O) groups is 2. The lowest BCUT2D eigenvalue weighted by atomic mass is 10.3. The van der Waals surface area contributed by atoms with Crippen molar-refractivity contribution in [2.45, 2.75) is 25.4 Å². The summed E-state index contributed by atoms with van der Waals surface area (Å²) in [6, 6.07) is 1.89. The van der Waals surface area contributed by atoms with Crippen LogP contribution in [0.25, 0.3) is 11.0 Å². The number of amides is 2. The van der Waals surface area contributed by atoms with E-state index in [4.69, 9.17) is 10.5 Å². The van der Waals surface area contributed by atoms with E-state index >= 15 is 0 Å². The monoisotopic (exact) mass is 330 g/mol. The second-order valence-corrected chi connectivity index (χ2v) is 6.17. The van der Waals surface area contributed by atoms with E-state index in [0.717, 1.165) is 18.2 Å². The highest BCUT2D eigenvalue weighted by molar-refractivity contribution is 5.95. The standard InChI is InChI=1S/C15H18N6O3/c16-14(23)24-9-4-6-21(7-9)12-10-3-5-17-11(10)18-15(19-12)20-13(22)8-1-2-8/h3,5,8-9H,1-2,4,6-7H2,(H2,16,23)(H2,17,18,19,20,22)/t9-/m0/s1. The van der Waals surface area contributed by atoms with Gasteiger partial charge in [0.2, 0.25) is 11.9 Å². The average Bonchev–Trinajstić information content (AvgIpc) is 3.11. The van der Waals surface area contributed by atoms with Crippen molar-refractivity contribution in [1.29, 1.82) is 0 Å². The molecule has 4 N–H and O–H groups in total. The van der Waals surface area contributed by atoms with Crippen molar-refractivity contribution in [3.8, 4) is 0 Å². The van der Waals surface area contributed by atoms with Crippen LogP contribution >= 0.6 is 0 Å². The fraction of sp³-hybridized carbons (Fsp3) is 0.467. The first kappa shape index (κ1) is 14.7. The summed E-state index contributed by atoms with van der Waals surface area (Å²) >= 11 is 0. The molecular formula is C15H18N6O3. The van der Waals surface area contributed by atoms with Gasteiger partial charge in [0.25, 0.3) is 0 Å². The van der Waals surface area contributed by atoms with Gasteiger partial charge in [0, 0.05) is 25.1 Å². The number of carbonyl (C=O) groups excluding carboxylic acids is 2. The number of anilines is 2. The molecule has 0 unspecified atom stereocenters. The highest BCUT2D eigenvalue weighted by Crippen LogP contribution is 2.31. The molecule has 126 valence electrons. The lowest BCUT2D eigenvalue weighted by Crippen LogP contribution is -2.28. The highest BCUT2D eigenvalue weighted by atomic mass is 16.6. The lowest BCUT2D eigenvalue weighted by Gasteiger charge is -2.19. The first-order chi connectivity index (χ1) is 11.6. The van der Waals surface area contributed by atoms with Crippen molar-refractivity contribution in [3.05, 3.63) is 12.3 Å². The molecule has 1 aliphatic carbocycles. The fourth-order valence-corrected chi connectivity index (χ4v) is 2.96. The van der Waals surface area contributed by atoms with E-state index in [1.807, 2.05) is 11.0 Å². The number of nitrogens with two attached hydrogens (primary N) is 1. The zero-order chi connectivity index (χ0) is 16.7. The second kappa shape index (κ2) is 5.66. The van der Waals surface area contributed by atoms with Crippen LogP contribution < -0.4 is 16.0 Å². The number of nitrogens with one attached hydrogen (secondary N) is 2. The SMILES string of the molecule is NC(=O)O[C@H]1CCN(c2nc(NC(=O)C3CC3)nc3[nH]ccc23)C1. The van der Waals surface area contributed by atoms with Gasteiger partial charge in [-0.2, -0.15) is 9.97 Å². The summed E-state index contributed by atoms with van der Waals surface area (Å²) in [4.78, 5) is 36.8. The van der Waals surface area contributed by atoms with Crippen LogP contribution in [0.3, 0.4) is 0 Å². The molecule has 0 radical (unpaired) electrons. The van der Waals surface area contributed by atoms with E-state index in [0.29, 0.717) is 31.0 Å². The third-order valence-corrected chi connectivity index (χ3v) is 4.31. The Balaban J connectivity index is 1.60. The molecule has 1 atom stereocenters. The molecule has 2 aliphatic rings. The molecule has 0 spiro atoms. The Kier molecular flexibility index (Phi) is 3.47. The van der Waals surface area contributed by atoms with E-state index in [9.17, 15) is 9.59 Å². The maximum atomic E-state index is 12.0. The second-order valence-electron chi connectivity index (χ2n) is 6.17. The zero-order valence-corrected chi connectivity index (χ0v) is 13.0. The number of rotatable bonds is 4. The Morgan fingerprint density at radius 3 is 2.92 bits per heavy atom. The maximum Gasteiger partial charge on any atom is 0.404 e. The highest BCUT2D eigenvalue weighted by Gasteiger charge is 2.31. The molecule has 1 saturated heterocycles. The fourth-order valence-electron chi connectivity index (χ4n) is 2.96. The van der Waals surface area contributed by atoms with E-state index in [-0.39, 0.29) is 23.9 Å². The summed E-state index contributed by atoms with van der Waals surface area (Å²) in [7, 11) is 0. The average molecular weight is 330 g/mol. The van der Waals surface area contributed by atoms with Crippen LogP contribution in [0.4, 0.5) is 16.6 Å². The number of ether oxygens (including phenoxy) is 1. The lowest BCUT2D eigenvalue weighted by molar-refractivity contribution is -0.117. The summed E-state index contributed by atoms with van der Waals surface area (Å²) in [6.45, 7) is 1.20. The Hall–Kier alpha value is -2.84. The molecule has 2 amide bonds. The predicted molar refractivity (Wildman–Crippen MR) is 86.5 cm³/mol. The zero-order valence-electron chi connectivity index (χ0n) is 13.0. The summed E-state index contributed by atoms with van der Waals surface area (Å²) < 4.78 is 5.07. The van der Waals surface area contributed by atoms with Gasteiger partial charge >= 0.3 is 6.09 Å². The van der Waals surface area contributed by atoms with Gasteiger partial charge in [0.1, 0.15) is 17.6 Å². The van der Waals surface area contributed by atoms with E-state index in [1.54, 1.807) is 6.20 Å². The minimum absolute atomic E-state index is 0.0387. The number of hydrogen-bond acceptors (Lipinski definition) is 6. The topological polar surface area (TPSA) is 126 Å². The molecule has 1 aliphatic heterocycles. The van der Waals surface area contributed by atoms with Crippen LogP contribution in [0.1, 0.15) is 19.3 Å². The van der Waals surface area contributed by atoms with Gasteiger partial charge in [-0.15, -0.1) is 0 Å². The van der Waals surface area contributed by atoms with Gasteiger partial charge < -0.3 is 20.4 Å². The van der Waals surface area contributed by atoms with Gasteiger partial charge in [-0.1, -0.05) is 0 Å². The molecule has 9 heteroatoms. The Morgan fingerprint density at radius 2 is 2.17 bits per heavy atom. The predicted octanol–water partition coefficient (Wildman–Crippen LogP) is 0.980. The van der Waals surface area contributed by atoms with Crippen LogP contribution in [0.15, 0.2) is 12.3 Å². The molecule has 1 saturated carbocycles. The molecule has 0 aromatic carbocycles. The molecule has 2 aromatic rings. The molecule has 3 heterocycles. The van der Waals surface area contributed by atoms with Crippen molar-refractivity contribution in [2.24, 2.45) is 11.7 Å². The first-order valence-corrected chi connectivity index (χ1v) is 7.97. The number of nitrogens with zero attached hydrogens (tertiary/aromatic N) is 3. The number of fused-ring (bicyclic) bond motifs is 1. The van der Waals surface area contributed by atoms with Crippen molar-refractivity contribution >= 4 is 34.8 Å². The maximum absolute atomic E-state index is 12.0. The molecule has 0 bridgehead atoms. The van der Waals surface area contributed by atoms with Crippen molar-refractivity contribution < 1.29 is 14.3 Å². The van der Waals surface area contributed by atoms with Crippen LogP contribution in [0.5, 0.6) is 0 Å². The minimum Gasteiger partial charge on any atom is -0.444 e. The summed E-state index contributed by atoms with van der Waals surface area (Å²) in [6.07, 6.45) is 3.28. The van der Waals surface area contributed by atoms with E-state index < -0.39 is 6.09 Å². The van der Waals surface area contributed by atoms with Gasteiger partial charge in [0.15, 0.2) is 0 Å². The quantitative estimate of drug-likeness (QED) is 0.767. The smallest absolute Gasteiger partial charge is 0.404 e. The van der Waals surface area contributed by atoms with Gasteiger partial charge in [-0.05, 0) is 18.9 Å². The number of aromatic amines is 1. The largest absolute Gasteiger partial charge is 0.444 e. The van der Waals surface area contributed by atoms with Gasteiger partial charge in [0.05, 0.1) is 11.9 Å². The van der Waals surface area contributed by atoms with Crippen molar-refractivity contribution in [1.82, 2.24) is 15.0 Å². The van der Waals surface area contributed by atoms with Crippen LogP contribution in [-0.4, -0.2) is 46.1 Å². The third kappa shape index (κ3) is 2.84. The van der Waals surface area contributed by atoms with Gasteiger partial charge in [-0.25, -0.2) is 4.79 Å². The third-order valence-electron chi connectivity index (χ3n) is 4.31. The normalized spacial score (nSPS) is 20.3. The number of primary amides is 1. The number of hydrogen-bond donors (Lipinski definition) is 3. The number of H-pyrrole nitrogens is 1. The minimum atomic E-state index is -0.770. The molecule has 2 fully saturated rings. The molecule has 24 heavy (non-hydrogen) atoms. The summed E-state index contributed by atoms with van der Waals surface area (Å²) in [5.74, 6) is 1.04. The Morgan fingerprint density at radius 1 is 1.33 bits per heavy atom. The summed E-state index contributed by atoms with van der Waals surface area (Å²) in [5.41, 5.74) is 5.74. The van der Waals surface area contributed by atoms with Crippen molar-refractivity contribution in [3.63, 3.8) is 0 Å². The number of aromatic nitrogens is 3. The van der Waals surface area contributed by atoms with Crippen LogP contribution in [0.2, 0.25) is 0 Å². The van der Waals surface area contributed by atoms with Crippen LogP contribution in [-0.2, 0) is 9.53 Å². The van der Waals surface area contributed by atoms with Crippen molar-refractivity contribution in [2.75, 3.05) is 23.3 Å². The Labute approximate surface area is 137 Å². The molecule has 2 aromatic heterocycles. The molecular weight excluding hydrogens is 312 g/mol. The van der Waals surface area contributed by atoms with E-state index in [1.165, 1.54) is 0 Å².